The van der Waals surface area contributed by atoms with Crippen molar-refractivity contribution in [1.82, 2.24) is 4.98 Å². The van der Waals surface area contributed by atoms with Crippen LogP contribution in [0.4, 0.5) is 13.2 Å². The summed E-state index contributed by atoms with van der Waals surface area (Å²) in [5.74, 6) is -2.03. The fraction of sp³-hybridized carbons (Fsp3) is 0.400. The molecule has 0 fully saturated rings. The highest BCUT2D eigenvalue weighted by atomic mass is 19.4. The minimum atomic E-state index is -4.17. The number of amides is 1. The number of carbonyl (C=O) groups excluding carboxylic acids is 1. The number of allylic oxidation sites excluding steroid dienone is 2. The van der Waals surface area contributed by atoms with Gasteiger partial charge >= 0.3 is 6.18 Å². The van der Waals surface area contributed by atoms with Crippen LogP contribution in [0.2, 0.25) is 0 Å². The second-order valence-electron chi connectivity index (χ2n) is 7.04. The number of alkyl halides is 3. The summed E-state index contributed by atoms with van der Waals surface area (Å²) in [6.07, 6.45) is -2.13. The number of nitrogens with zero attached hydrogens (tertiary/aromatic N) is 1. The number of halogens is 3. The fourth-order valence-corrected chi connectivity index (χ4v) is 3.53. The third kappa shape index (κ3) is 3.83. The van der Waals surface area contributed by atoms with E-state index < -0.39 is 18.0 Å². The van der Waals surface area contributed by atoms with Crippen LogP contribution in [0.25, 0.3) is 16.5 Å². The fourth-order valence-electron chi connectivity index (χ4n) is 3.53. The highest BCUT2D eigenvalue weighted by Crippen LogP contribution is 2.40. The Morgan fingerprint density at radius 3 is 2.67 bits per heavy atom. The molecule has 4 nitrogen and oxygen atoms in total. The minimum absolute atomic E-state index is 0.0271. The number of benzene rings is 1. The van der Waals surface area contributed by atoms with E-state index in [0.717, 1.165) is 16.5 Å². The highest BCUT2D eigenvalue weighted by molar-refractivity contribution is 6.00. The zero-order valence-electron chi connectivity index (χ0n) is 15.0. The molecule has 4 N–H and O–H groups in total. The molecule has 0 spiro atoms. The first-order chi connectivity index (χ1) is 12.7. The number of para-hydroxylation sites is 1. The van der Waals surface area contributed by atoms with E-state index in [9.17, 15) is 18.0 Å². The van der Waals surface area contributed by atoms with Gasteiger partial charge in [0.25, 0.3) is 5.91 Å². The first-order valence-corrected chi connectivity index (χ1v) is 8.92. The Hall–Kier alpha value is -2.41. The zero-order chi connectivity index (χ0) is 19.8. The van der Waals surface area contributed by atoms with Crippen LogP contribution in [0.3, 0.4) is 0 Å². The third-order valence-electron chi connectivity index (χ3n) is 5.18. The SMILES string of the molecule is C[C@H](CN)c1nc2c(C3=CCC(C(F)(F)F)CC3)cccc2cc1C(N)=O. The summed E-state index contributed by atoms with van der Waals surface area (Å²) in [6.45, 7) is 2.16. The second kappa shape index (κ2) is 7.31. The molecule has 1 aromatic carbocycles. The van der Waals surface area contributed by atoms with Crippen LogP contribution in [0.15, 0.2) is 30.3 Å². The second-order valence-corrected chi connectivity index (χ2v) is 7.04. The summed E-state index contributed by atoms with van der Waals surface area (Å²) in [5, 5.41) is 0.730. The van der Waals surface area contributed by atoms with Crippen LogP contribution < -0.4 is 11.5 Å². The monoisotopic (exact) mass is 377 g/mol. The molecule has 7 heteroatoms. The molecule has 0 radical (unpaired) electrons. The van der Waals surface area contributed by atoms with Gasteiger partial charge in [0.2, 0.25) is 0 Å². The van der Waals surface area contributed by atoms with Crippen molar-refractivity contribution < 1.29 is 18.0 Å². The van der Waals surface area contributed by atoms with Gasteiger partial charge in [-0.3, -0.25) is 9.78 Å². The van der Waals surface area contributed by atoms with Gasteiger partial charge in [0, 0.05) is 23.4 Å². The maximum absolute atomic E-state index is 12.9. The first kappa shape index (κ1) is 19.4. The molecule has 27 heavy (non-hydrogen) atoms. The lowest BCUT2D eigenvalue weighted by atomic mass is 9.85. The van der Waals surface area contributed by atoms with E-state index in [4.69, 9.17) is 11.5 Å². The van der Waals surface area contributed by atoms with Gasteiger partial charge in [0.15, 0.2) is 0 Å². The Labute approximate surface area is 155 Å². The van der Waals surface area contributed by atoms with Gasteiger partial charge in [-0.2, -0.15) is 13.2 Å². The van der Waals surface area contributed by atoms with Crippen LogP contribution in [0.1, 0.15) is 53.7 Å². The molecule has 144 valence electrons. The van der Waals surface area contributed by atoms with Crippen molar-refractivity contribution in [2.75, 3.05) is 6.54 Å². The largest absolute Gasteiger partial charge is 0.392 e. The first-order valence-electron chi connectivity index (χ1n) is 8.92. The molecule has 1 aliphatic rings. The number of pyridine rings is 1. The van der Waals surface area contributed by atoms with Gasteiger partial charge in [-0.25, -0.2) is 0 Å². The molecule has 3 rings (SSSR count). The molecule has 1 unspecified atom stereocenters. The molecule has 0 aliphatic heterocycles. The number of carbonyl (C=O) groups is 1. The van der Waals surface area contributed by atoms with Crippen molar-refractivity contribution in [3.8, 4) is 0 Å². The van der Waals surface area contributed by atoms with Crippen molar-refractivity contribution in [2.24, 2.45) is 17.4 Å². The van der Waals surface area contributed by atoms with Crippen molar-refractivity contribution in [3.63, 3.8) is 0 Å². The third-order valence-corrected chi connectivity index (χ3v) is 5.18. The normalized spacial score (nSPS) is 19.0. The molecule has 1 aliphatic carbocycles. The minimum Gasteiger partial charge on any atom is -0.366 e. The zero-order valence-corrected chi connectivity index (χ0v) is 15.0. The lowest BCUT2D eigenvalue weighted by Crippen LogP contribution is -2.24. The smallest absolute Gasteiger partial charge is 0.366 e. The Morgan fingerprint density at radius 2 is 2.11 bits per heavy atom. The summed E-state index contributed by atoms with van der Waals surface area (Å²) in [5.41, 5.74) is 14.4. The molecule has 0 saturated carbocycles. The number of hydrogen-bond acceptors (Lipinski definition) is 3. The molecule has 1 amide bonds. The number of aromatic nitrogens is 1. The Kier molecular flexibility index (Phi) is 5.24. The van der Waals surface area contributed by atoms with Crippen LogP contribution in [0.5, 0.6) is 0 Å². The predicted molar refractivity (Wildman–Crippen MR) is 99.1 cm³/mol. The Bertz CT molecular complexity index is 905. The number of nitrogens with two attached hydrogens (primary N) is 2. The maximum Gasteiger partial charge on any atom is 0.392 e. The number of hydrogen-bond donors (Lipinski definition) is 2. The number of primary amides is 1. The lowest BCUT2D eigenvalue weighted by molar-refractivity contribution is -0.175. The van der Waals surface area contributed by atoms with Gasteiger partial charge in [-0.05, 0) is 30.9 Å². The summed E-state index contributed by atoms with van der Waals surface area (Å²) >= 11 is 0. The van der Waals surface area contributed by atoms with Gasteiger partial charge in [0.1, 0.15) is 0 Å². The molecule has 0 saturated heterocycles. The van der Waals surface area contributed by atoms with Crippen LogP contribution in [-0.4, -0.2) is 23.6 Å². The topological polar surface area (TPSA) is 82.0 Å². The molecule has 2 atom stereocenters. The van der Waals surface area contributed by atoms with Crippen LogP contribution in [0, 0.1) is 5.92 Å². The highest BCUT2D eigenvalue weighted by Gasteiger charge is 2.39. The Morgan fingerprint density at radius 1 is 1.37 bits per heavy atom. The van der Waals surface area contributed by atoms with E-state index >= 15 is 0 Å². The Balaban J connectivity index is 2.10. The van der Waals surface area contributed by atoms with Crippen LogP contribution in [-0.2, 0) is 0 Å². The van der Waals surface area contributed by atoms with Gasteiger partial charge in [-0.1, -0.05) is 31.2 Å². The van der Waals surface area contributed by atoms with Gasteiger partial charge in [-0.15, -0.1) is 0 Å². The predicted octanol–water partition coefficient (Wildman–Crippen LogP) is 4.14. The molecular formula is C20H22F3N3O. The van der Waals surface area contributed by atoms with E-state index in [-0.39, 0.29) is 18.8 Å². The molecular weight excluding hydrogens is 355 g/mol. The summed E-state index contributed by atoms with van der Waals surface area (Å²) in [4.78, 5) is 16.5. The average Bonchev–Trinajstić information content (AvgIpc) is 2.65. The standard InChI is InChI=1S/C20H22F3N3O/c1-11(10-24)17-16(19(25)27)9-13-3-2-4-15(18(13)26-17)12-5-7-14(8-6-12)20(21,22)23/h2-5,9,11,14H,6-8,10,24H2,1H3,(H2,25,27)/t11-,14?/m1/s1. The van der Waals surface area contributed by atoms with E-state index in [0.29, 0.717) is 29.7 Å². The van der Waals surface area contributed by atoms with Gasteiger partial charge in [0.05, 0.1) is 22.7 Å². The molecule has 2 aromatic rings. The maximum atomic E-state index is 12.9. The number of fused-ring (bicyclic) bond motifs is 1. The molecule has 1 aromatic heterocycles. The van der Waals surface area contributed by atoms with Crippen LogP contribution >= 0.6 is 0 Å². The van der Waals surface area contributed by atoms with E-state index in [1.54, 1.807) is 12.1 Å². The molecule has 1 heterocycles. The summed E-state index contributed by atoms with van der Waals surface area (Å²) in [6, 6.07) is 7.18. The van der Waals surface area contributed by atoms with Gasteiger partial charge < -0.3 is 11.5 Å². The van der Waals surface area contributed by atoms with E-state index in [1.807, 2.05) is 25.1 Å². The average molecular weight is 377 g/mol. The lowest BCUT2D eigenvalue weighted by Gasteiger charge is -2.25. The quantitative estimate of drug-likeness (QED) is 0.840. The van der Waals surface area contributed by atoms with E-state index in [1.165, 1.54) is 0 Å². The van der Waals surface area contributed by atoms with Crippen molar-refractivity contribution in [3.05, 3.63) is 47.2 Å². The summed E-state index contributed by atoms with van der Waals surface area (Å²) < 4.78 is 38.8. The van der Waals surface area contributed by atoms with E-state index in [2.05, 4.69) is 4.98 Å². The summed E-state index contributed by atoms with van der Waals surface area (Å²) in [7, 11) is 0. The number of rotatable bonds is 4. The van der Waals surface area contributed by atoms with Crippen molar-refractivity contribution >= 4 is 22.4 Å². The molecule has 0 bridgehead atoms. The van der Waals surface area contributed by atoms with Crippen molar-refractivity contribution in [2.45, 2.75) is 38.3 Å². The van der Waals surface area contributed by atoms with Crippen molar-refractivity contribution in [1.29, 1.82) is 0 Å².